The van der Waals surface area contributed by atoms with Crippen molar-refractivity contribution in [1.29, 1.82) is 0 Å². The van der Waals surface area contributed by atoms with Crippen molar-refractivity contribution in [2.45, 2.75) is 13.0 Å². The Hall–Kier alpha value is 0.310. The van der Waals surface area contributed by atoms with Crippen LogP contribution in [0.25, 0.3) is 0 Å². The van der Waals surface area contributed by atoms with Crippen LogP contribution in [0, 0.1) is 3.57 Å². The summed E-state index contributed by atoms with van der Waals surface area (Å²) in [6, 6.07) is 6.16. The molecule has 1 aromatic carbocycles. The number of nitrogens with one attached hydrogen (secondary N) is 1. The van der Waals surface area contributed by atoms with Crippen molar-refractivity contribution >= 4 is 38.5 Å². The Morgan fingerprint density at radius 3 is 2.93 bits per heavy atom. The lowest BCUT2D eigenvalue weighted by Gasteiger charge is -2.17. The summed E-state index contributed by atoms with van der Waals surface area (Å²) in [5, 5.41) is 0. The second-order valence-electron chi connectivity index (χ2n) is 3.04. The average Bonchev–Trinajstić information content (AvgIpc) is 2.24. The number of benzene rings is 1. The molecule has 1 atom stereocenters. The van der Waals surface area contributed by atoms with E-state index in [1.807, 2.05) is 13.0 Å². The van der Waals surface area contributed by atoms with Gasteiger partial charge in [-0.1, -0.05) is 15.9 Å². The van der Waals surface area contributed by atoms with Crippen molar-refractivity contribution < 1.29 is 4.74 Å². The molecule has 15 heavy (non-hydrogen) atoms. The Kier molecular flexibility index (Phi) is 6.06. The zero-order valence-electron chi connectivity index (χ0n) is 8.47. The number of halogens is 2. The van der Waals surface area contributed by atoms with E-state index in [2.05, 4.69) is 56.1 Å². The second kappa shape index (κ2) is 6.80. The largest absolute Gasteiger partial charge is 0.380 e. The number of nitrogens with two attached hydrogens (primary N) is 1. The van der Waals surface area contributed by atoms with Gasteiger partial charge >= 0.3 is 0 Å². The summed E-state index contributed by atoms with van der Waals surface area (Å²) < 4.78 is 7.60. The fourth-order valence-electron chi connectivity index (χ4n) is 1.25. The zero-order chi connectivity index (χ0) is 11.3. The molecule has 3 nitrogen and oxygen atoms in total. The predicted molar refractivity (Wildman–Crippen MR) is 73.4 cm³/mol. The molecule has 0 aliphatic heterocycles. The van der Waals surface area contributed by atoms with Crippen LogP contribution in [0.5, 0.6) is 0 Å². The maximum Gasteiger partial charge on any atom is 0.0704 e. The van der Waals surface area contributed by atoms with E-state index in [1.54, 1.807) is 0 Å². The van der Waals surface area contributed by atoms with Crippen molar-refractivity contribution in [2.24, 2.45) is 5.84 Å². The van der Waals surface area contributed by atoms with Crippen LogP contribution in [0.4, 0.5) is 0 Å². The fourth-order valence-corrected chi connectivity index (χ4v) is 2.34. The minimum atomic E-state index is 0.0364. The summed E-state index contributed by atoms with van der Waals surface area (Å²) in [5.74, 6) is 5.52. The zero-order valence-corrected chi connectivity index (χ0v) is 12.2. The van der Waals surface area contributed by atoms with Crippen molar-refractivity contribution in [3.05, 3.63) is 31.8 Å². The van der Waals surface area contributed by atoms with Gasteiger partial charge in [-0.15, -0.1) is 0 Å². The molecular formula is C10H14BrIN2O. The molecule has 0 aliphatic rings. The molecule has 0 saturated carbocycles. The Bertz CT molecular complexity index is 322. The maximum atomic E-state index is 5.52. The Balaban J connectivity index is 2.85. The number of hydrogen-bond donors (Lipinski definition) is 2. The van der Waals surface area contributed by atoms with E-state index < -0.39 is 0 Å². The summed E-state index contributed by atoms with van der Waals surface area (Å²) in [6.07, 6.45) is 0. The van der Waals surface area contributed by atoms with Gasteiger partial charge in [0.1, 0.15) is 0 Å². The minimum absolute atomic E-state index is 0.0364. The number of hydrazine groups is 1. The van der Waals surface area contributed by atoms with E-state index in [9.17, 15) is 0 Å². The highest BCUT2D eigenvalue weighted by atomic mass is 127. The topological polar surface area (TPSA) is 47.3 Å². The van der Waals surface area contributed by atoms with Gasteiger partial charge in [-0.2, -0.15) is 0 Å². The molecule has 0 spiro atoms. The van der Waals surface area contributed by atoms with Crippen molar-refractivity contribution in [3.8, 4) is 0 Å². The molecule has 1 unspecified atom stereocenters. The fraction of sp³-hybridized carbons (Fsp3) is 0.400. The van der Waals surface area contributed by atoms with Crippen molar-refractivity contribution in [2.75, 3.05) is 13.2 Å². The van der Waals surface area contributed by atoms with Crippen LogP contribution in [0.2, 0.25) is 0 Å². The first-order chi connectivity index (χ1) is 7.19. The van der Waals surface area contributed by atoms with E-state index in [-0.39, 0.29) is 6.04 Å². The van der Waals surface area contributed by atoms with Gasteiger partial charge in [0, 0.05) is 14.6 Å². The molecule has 0 amide bonds. The molecule has 84 valence electrons. The number of ether oxygens (including phenoxy) is 1. The van der Waals surface area contributed by atoms with E-state index in [1.165, 1.54) is 3.57 Å². The molecule has 0 aliphatic carbocycles. The SMILES string of the molecule is CCOCC(NN)c1cc(Br)ccc1I. The highest BCUT2D eigenvalue weighted by Gasteiger charge is 2.13. The lowest BCUT2D eigenvalue weighted by Crippen LogP contribution is -2.32. The molecule has 5 heteroatoms. The van der Waals surface area contributed by atoms with Crippen LogP contribution in [0.3, 0.4) is 0 Å². The molecule has 0 aromatic heterocycles. The van der Waals surface area contributed by atoms with Gasteiger partial charge in [-0.05, 0) is 53.3 Å². The van der Waals surface area contributed by atoms with Gasteiger partial charge in [-0.3, -0.25) is 11.3 Å². The molecule has 1 rings (SSSR count). The standard InChI is InChI=1S/C10H14BrIN2O/c1-2-15-6-10(14-13)8-5-7(11)3-4-9(8)12/h3-5,10,14H,2,6,13H2,1H3. The molecule has 3 N–H and O–H groups in total. The molecule has 0 heterocycles. The van der Waals surface area contributed by atoms with Crippen LogP contribution < -0.4 is 11.3 Å². The highest BCUT2D eigenvalue weighted by molar-refractivity contribution is 14.1. The lowest BCUT2D eigenvalue weighted by atomic mass is 10.1. The van der Waals surface area contributed by atoms with Gasteiger partial charge in [-0.25, -0.2) is 0 Å². The van der Waals surface area contributed by atoms with Crippen LogP contribution in [-0.4, -0.2) is 13.2 Å². The summed E-state index contributed by atoms with van der Waals surface area (Å²) in [6.45, 7) is 3.25. The quantitative estimate of drug-likeness (QED) is 0.466. The normalized spacial score (nSPS) is 12.8. The highest BCUT2D eigenvalue weighted by Crippen LogP contribution is 2.24. The summed E-state index contributed by atoms with van der Waals surface area (Å²) in [5.41, 5.74) is 3.92. The van der Waals surface area contributed by atoms with Crippen LogP contribution in [-0.2, 0) is 4.74 Å². The molecule has 0 fully saturated rings. The number of hydrogen-bond acceptors (Lipinski definition) is 3. The third-order valence-corrected chi connectivity index (χ3v) is 3.50. The van der Waals surface area contributed by atoms with Crippen molar-refractivity contribution in [3.63, 3.8) is 0 Å². The molecular weight excluding hydrogens is 371 g/mol. The van der Waals surface area contributed by atoms with Crippen LogP contribution in [0.1, 0.15) is 18.5 Å². The van der Waals surface area contributed by atoms with E-state index in [0.29, 0.717) is 13.2 Å². The van der Waals surface area contributed by atoms with E-state index >= 15 is 0 Å². The van der Waals surface area contributed by atoms with Crippen molar-refractivity contribution in [1.82, 2.24) is 5.43 Å². The van der Waals surface area contributed by atoms with Crippen LogP contribution in [0.15, 0.2) is 22.7 Å². The first-order valence-corrected chi connectivity index (χ1v) is 6.55. The van der Waals surface area contributed by atoms with Gasteiger partial charge in [0.25, 0.3) is 0 Å². The van der Waals surface area contributed by atoms with E-state index in [0.717, 1.165) is 10.0 Å². The summed E-state index contributed by atoms with van der Waals surface area (Å²) in [7, 11) is 0. The predicted octanol–water partition coefficient (Wildman–Crippen LogP) is 2.59. The van der Waals surface area contributed by atoms with E-state index in [4.69, 9.17) is 10.6 Å². The lowest BCUT2D eigenvalue weighted by molar-refractivity contribution is 0.123. The average molecular weight is 385 g/mol. The Morgan fingerprint density at radius 2 is 2.33 bits per heavy atom. The second-order valence-corrected chi connectivity index (χ2v) is 5.12. The van der Waals surface area contributed by atoms with Crippen LogP contribution >= 0.6 is 38.5 Å². The van der Waals surface area contributed by atoms with Gasteiger partial charge in [0.2, 0.25) is 0 Å². The Morgan fingerprint density at radius 1 is 1.60 bits per heavy atom. The molecule has 0 bridgehead atoms. The third kappa shape index (κ3) is 3.99. The molecule has 1 aromatic rings. The smallest absolute Gasteiger partial charge is 0.0704 e. The molecule has 0 saturated heterocycles. The monoisotopic (exact) mass is 384 g/mol. The summed E-state index contributed by atoms with van der Waals surface area (Å²) >= 11 is 5.74. The summed E-state index contributed by atoms with van der Waals surface area (Å²) in [4.78, 5) is 0. The van der Waals surface area contributed by atoms with Gasteiger partial charge < -0.3 is 4.74 Å². The first kappa shape index (κ1) is 13.4. The first-order valence-electron chi connectivity index (χ1n) is 4.67. The number of rotatable bonds is 5. The van der Waals surface area contributed by atoms with Gasteiger partial charge in [0.05, 0.1) is 12.6 Å². The third-order valence-electron chi connectivity index (χ3n) is 2.02. The maximum absolute atomic E-state index is 5.52. The van der Waals surface area contributed by atoms with Gasteiger partial charge in [0.15, 0.2) is 0 Å². The Labute approximate surface area is 112 Å². The minimum Gasteiger partial charge on any atom is -0.380 e. The molecule has 0 radical (unpaired) electrons.